The highest BCUT2D eigenvalue weighted by atomic mass is 16.5. The highest BCUT2D eigenvalue weighted by molar-refractivity contribution is 5.90. The number of nitrogens with one attached hydrogen (secondary N) is 1. The number of hydrogen-bond acceptors (Lipinski definition) is 3. The molecule has 3 N–H and O–H groups in total. The van der Waals surface area contributed by atoms with Gasteiger partial charge in [-0.15, -0.1) is 6.42 Å². The fourth-order valence-electron chi connectivity index (χ4n) is 3.61. The molecule has 4 atom stereocenters. The van der Waals surface area contributed by atoms with Gasteiger partial charge in [-0.2, -0.15) is 0 Å². The number of nitrogens with two attached hydrogens (primary N) is 1. The third-order valence-electron chi connectivity index (χ3n) is 4.91. The van der Waals surface area contributed by atoms with Crippen molar-refractivity contribution in [2.75, 3.05) is 6.61 Å². The molecule has 1 amide bonds. The van der Waals surface area contributed by atoms with Crippen molar-refractivity contribution in [3.63, 3.8) is 0 Å². The van der Waals surface area contributed by atoms with E-state index in [0.717, 1.165) is 19.3 Å². The monoisotopic (exact) mass is 264 g/mol. The maximum absolute atomic E-state index is 12.6. The van der Waals surface area contributed by atoms with Crippen molar-refractivity contribution < 1.29 is 9.53 Å². The van der Waals surface area contributed by atoms with Gasteiger partial charge < -0.3 is 15.8 Å². The Bertz CT molecular complexity index is 413. The van der Waals surface area contributed by atoms with Crippen molar-refractivity contribution in [1.29, 1.82) is 0 Å². The molecular weight excluding hydrogens is 240 g/mol. The number of rotatable bonds is 4. The molecule has 1 aliphatic carbocycles. The van der Waals surface area contributed by atoms with E-state index in [0.29, 0.717) is 6.61 Å². The van der Waals surface area contributed by atoms with Crippen LogP contribution in [0.15, 0.2) is 0 Å². The van der Waals surface area contributed by atoms with Crippen molar-refractivity contribution in [2.45, 2.75) is 57.7 Å². The first kappa shape index (κ1) is 14.4. The number of terminal acetylenes is 1. The second-order valence-corrected chi connectivity index (χ2v) is 6.26. The van der Waals surface area contributed by atoms with Crippen molar-refractivity contribution >= 4 is 5.91 Å². The summed E-state index contributed by atoms with van der Waals surface area (Å²) in [6.07, 6.45) is 8.12. The van der Waals surface area contributed by atoms with Crippen LogP contribution in [0.2, 0.25) is 0 Å². The summed E-state index contributed by atoms with van der Waals surface area (Å²) in [5.41, 5.74) is 5.24. The molecule has 0 bridgehead atoms. The molecule has 4 heteroatoms. The van der Waals surface area contributed by atoms with Crippen LogP contribution >= 0.6 is 0 Å². The lowest BCUT2D eigenvalue weighted by atomic mass is 9.48. The van der Waals surface area contributed by atoms with Gasteiger partial charge in [-0.25, -0.2) is 0 Å². The van der Waals surface area contributed by atoms with Crippen molar-refractivity contribution in [2.24, 2.45) is 17.1 Å². The molecule has 2 rings (SSSR count). The Morgan fingerprint density at radius 1 is 1.63 bits per heavy atom. The van der Waals surface area contributed by atoms with E-state index in [-0.39, 0.29) is 29.4 Å². The molecule has 0 aromatic heterocycles. The summed E-state index contributed by atoms with van der Waals surface area (Å²) >= 11 is 0. The first-order valence-corrected chi connectivity index (χ1v) is 7.07. The van der Waals surface area contributed by atoms with Crippen molar-refractivity contribution in [1.82, 2.24) is 5.32 Å². The summed E-state index contributed by atoms with van der Waals surface area (Å²) < 4.78 is 5.69. The van der Waals surface area contributed by atoms with E-state index in [1.165, 1.54) is 0 Å². The Kier molecular flexibility index (Phi) is 3.63. The fraction of sp³-hybridized carbons (Fsp3) is 0.800. The van der Waals surface area contributed by atoms with Crippen LogP contribution in [0.3, 0.4) is 0 Å². The first-order valence-electron chi connectivity index (χ1n) is 7.07. The van der Waals surface area contributed by atoms with Gasteiger partial charge in [-0.05, 0) is 12.8 Å². The smallest absolute Gasteiger partial charge is 0.242 e. The van der Waals surface area contributed by atoms with Gasteiger partial charge in [0.1, 0.15) is 5.54 Å². The van der Waals surface area contributed by atoms with Crippen LogP contribution in [0.1, 0.15) is 40.0 Å². The molecule has 0 aromatic carbocycles. The summed E-state index contributed by atoms with van der Waals surface area (Å²) in [6, 6.07) is -0.227. The van der Waals surface area contributed by atoms with Crippen LogP contribution in [0, 0.1) is 23.7 Å². The number of ether oxygens (including phenoxy) is 1. The third-order valence-corrected chi connectivity index (χ3v) is 4.91. The van der Waals surface area contributed by atoms with Gasteiger partial charge >= 0.3 is 0 Å². The zero-order valence-corrected chi connectivity index (χ0v) is 12.0. The topological polar surface area (TPSA) is 64.4 Å². The second kappa shape index (κ2) is 4.81. The molecule has 1 saturated carbocycles. The molecule has 1 heterocycles. The summed E-state index contributed by atoms with van der Waals surface area (Å²) in [5, 5.41) is 2.92. The maximum atomic E-state index is 12.6. The van der Waals surface area contributed by atoms with Crippen LogP contribution in [0.5, 0.6) is 0 Å². The number of carbonyl (C=O) groups excluding carboxylic acids is 1. The fourth-order valence-corrected chi connectivity index (χ4v) is 3.61. The first-order chi connectivity index (χ1) is 8.89. The number of carbonyl (C=O) groups is 1. The van der Waals surface area contributed by atoms with Crippen LogP contribution in [-0.4, -0.2) is 30.2 Å². The van der Waals surface area contributed by atoms with Crippen molar-refractivity contribution in [3.8, 4) is 12.3 Å². The summed E-state index contributed by atoms with van der Waals surface area (Å²) in [5.74, 6) is 2.61. The molecule has 2 fully saturated rings. The van der Waals surface area contributed by atoms with E-state index < -0.39 is 5.54 Å². The molecule has 2 aliphatic rings. The average Bonchev–Trinajstić information content (AvgIpc) is 2.84. The van der Waals surface area contributed by atoms with Crippen LogP contribution < -0.4 is 11.1 Å². The lowest BCUT2D eigenvalue weighted by molar-refractivity contribution is -0.175. The molecule has 0 aromatic rings. The molecule has 1 aliphatic heterocycles. The number of fused-ring (bicyclic) bond motifs is 1. The Labute approximate surface area is 115 Å². The minimum Gasteiger partial charge on any atom is -0.377 e. The average molecular weight is 264 g/mol. The van der Waals surface area contributed by atoms with Gasteiger partial charge in [-0.3, -0.25) is 4.79 Å². The molecule has 4 unspecified atom stereocenters. The predicted molar refractivity (Wildman–Crippen MR) is 74.2 cm³/mol. The minimum atomic E-state index is -0.864. The summed E-state index contributed by atoms with van der Waals surface area (Å²) in [6.45, 7) is 6.74. The molecule has 19 heavy (non-hydrogen) atoms. The SMILES string of the molecule is C#CC(CCC)NC(=O)C1(N)C2CCOC2C1(C)C. The molecule has 0 spiro atoms. The second-order valence-electron chi connectivity index (χ2n) is 6.26. The van der Waals surface area contributed by atoms with Crippen LogP contribution in [0.25, 0.3) is 0 Å². The van der Waals surface area contributed by atoms with E-state index >= 15 is 0 Å². The van der Waals surface area contributed by atoms with E-state index in [1.807, 2.05) is 20.8 Å². The van der Waals surface area contributed by atoms with E-state index in [1.54, 1.807) is 0 Å². The molecule has 0 radical (unpaired) electrons. The highest BCUT2D eigenvalue weighted by Crippen LogP contribution is 2.58. The Balaban J connectivity index is 2.12. The maximum Gasteiger partial charge on any atom is 0.242 e. The Morgan fingerprint density at radius 2 is 2.32 bits per heavy atom. The number of hydrogen-bond donors (Lipinski definition) is 2. The van der Waals surface area contributed by atoms with Crippen LogP contribution in [-0.2, 0) is 9.53 Å². The largest absolute Gasteiger partial charge is 0.377 e. The molecule has 106 valence electrons. The van der Waals surface area contributed by atoms with E-state index in [4.69, 9.17) is 16.9 Å². The third kappa shape index (κ3) is 1.87. The lowest BCUT2D eigenvalue weighted by Crippen LogP contribution is -2.80. The van der Waals surface area contributed by atoms with Gasteiger partial charge in [-0.1, -0.05) is 33.1 Å². The molecule has 1 saturated heterocycles. The highest BCUT2D eigenvalue weighted by Gasteiger charge is 2.71. The normalized spacial score (nSPS) is 36.8. The quantitative estimate of drug-likeness (QED) is 0.746. The van der Waals surface area contributed by atoms with E-state index in [9.17, 15) is 4.79 Å². The zero-order valence-electron chi connectivity index (χ0n) is 12.0. The van der Waals surface area contributed by atoms with Crippen molar-refractivity contribution in [3.05, 3.63) is 0 Å². The van der Waals surface area contributed by atoms with E-state index in [2.05, 4.69) is 11.2 Å². The Hall–Kier alpha value is -1.05. The summed E-state index contributed by atoms with van der Waals surface area (Å²) in [4.78, 5) is 12.6. The molecule has 4 nitrogen and oxygen atoms in total. The Morgan fingerprint density at radius 3 is 2.89 bits per heavy atom. The zero-order chi connectivity index (χ0) is 14.3. The standard InChI is InChI=1S/C15H24N2O2/c1-5-7-10(6-2)17-13(18)15(16)11-8-9-19-12(11)14(15,3)4/h2,10-12H,5,7-9,16H2,1,3-4H3,(H,17,18). The van der Waals surface area contributed by atoms with Gasteiger partial charge in [0.2, 0.25) is 5.91 Å². The minimum absolute atomic E-state index is 0.0960. The van der Waals surface area contributed by atoms with Gasteiger partial charge in [0.15, 0.2) is 0 Å². The molecular formula is C15H24N2O2. The predicted octanol–water partition coefficient (Wildman–Crippen LogP) is 1.05. The van der Waals surface area contributed by atoms with Gasteiger partial charge in [0.25, 0.3) is 0 Å². The summed E-state index contributed by atoms with van der Waals surface area (Å²) in [7, 11) is 0. The van der Waals surface area contributed by atoms with Gasteiger partial charge in [0.05, 0.1) is 12.1 Å². The lowest BCUT2D eigenvalue weighted by Gasteiger charge is -2.60. The number of amides is 1. The van der Waals surface area contributed by atoms with Gasteiger partial charge in [0, 0.05) is 17.9 Å². The van der Waals surface area contributed by atoms with Crippen LogP contribution in [0.4, 0.5) is 0 Å².